The van der Waals surface area contributed by atoms with E-state index >= 15 is 0 Å². The van der Waals surface area contributed by atoms with E-state index in [-0.39, 0.29) is 11.9 Å². The van der Waals surface area contributed by atoms with Crippen LogP contribution in [0, 0.1) is 11.3 Å². The number of carbonyl (C=O) groups is 1. The molecule has 2 aliphatic heterocycles. The van der Waals surface area contributed by atoms with Gasteiger partial charge in [0.05, 0.1) is 24.5 Å². The molecule has 1 aliphatic carbocycles. The van der Waals surface area contributed by atoms with Crippen molar-refractivity contribution in [3.8, 4) is 6.07 Å². The minimum absolute atomic E-state index is 0.127. The average molecular weight is 397 g/mol. The average Bonchev–Trinajstić information content (AvgIpc) is 2.78. The first kappa shape index (κ1) is 20.2. The van der Waals surface area contributed by atoms with Crippen molar-refractivity contribution >= 4 is 11.7 Å². The molecule has 0 unspecified atom stereocenters. The normalized spacial score (nSPS) is 22.9. The number of aromatic nitrogens is 1. The van der Waals surface area contributed by atoms with Gasteiger partial charge in [-0.3, -0.25) is 4.79 Å². The number of fused-ring (bicyclic) bond motifs is 1. The van der Waals surface area contributed by atoms with Crippen molar-refractivity contribution in [3.05, 3.63) is 22.4 Å². The lowest BCUT2D eigenvalue weighted by molar-refractivity contribution is -0.133. The van der Waals surface area contributed by atoms with Gasteiger partial charge in [0, 0.05) is 43.6 Å². The van der Waals surface area contributed by atoms with Gasteiger partial charge in [-0.05, 0) is 31.7 Å². The van der Waals surface area contributed by atoms with Crippen LogP contribution in [0.15, 0.2) is 0 Å². The summed E-state index contributed by atoms with van der Waals surface area (Å²) in [6.45, 7) is 7.42. The van der Waals surface area contributed by atoms with Gasteiger partial charge < -0.3 is 14.5 Å². The second-order valence-corrected chi connectivity index (χ2v) is 8.64. The zero-order valence-electron chi connectivity index (χ0n) is 17.7. The van der Waals surface area contributed by atoms with Crippen LogP contribution in [0.25, 0.3) is 0 Å². The monoisotopic (exact) mass is 396 g/mol. The summed E-state index contributed by atoms with van der Waals surface area (Å²) in [7, 11) is 0. The lowest BCUT2D eigenvalue weighted by Crippen LogP contribution is -2.54. The predicted molar refractivity (Wildman–Crippen MR) is 112 cm³/mol. The molecule has 1 saturated carbocycles. The molecule has 0 radical (unpaired) electrons. The maximum Gasteiger partial charge on any atom is 0.222 e. The molecule has 2 fully saturated rings. The van der Waals surface area contributed by atoms with Gasteiger partial charge in [-0.2, -0.15) is 5.26 Å². The summed E-state index contributed by atoms with van der Waals surface area (Å²) < 4.78 is 5.77. The maximum absolute atomic E-state index is 12.2. The van der Waals surface area contributed by atoms with Gasteiger partial charge in [0.2, 0.25) is 5.91 Å². The molecule has 0 bridgehead atoms. The Morgan fingerprint density at radius 2 is 2.03 bits per heavy atom. The third-order valence-electron chi connectivity index (χ3n) is 6.82. The Hall–Kier alpha value is -2.13. The summed E-state index contributed by atoms with van der Waals surface area (Å²) in [5.41, 5.74) is 4.23. The number of nitriles is 1. The van der Waals surface area contributed by atoms with Gasteiger partial charge in [-0.15, -0.1) is 0 Å². The summed E-state index contributed by atoms with van der Waals surface area (Å²) in [6.07, 6.45) is 7.51. The molecule has 1 aromatic heterocycles. The van der Waals surface area contributed by atoms with Crippen molar-refractivity contribution in [2.24, 2.45) is 0 Å². The highest BCUT2D eigenvalue weighted by atomic mass is 16.5. The molecule has 1 aromatic rings. The third-order valence-corrected chi connectivity index (χ3v) is 6.82. The molecule has 29 heavy (non-hydrogen) atoms. The minimum atomic E-state index is 0.127. The number of piperazine rings is 1. The van der Waals surface area contributed by atoms with E-state index in [1.165, 1.54) is 43.4 Å². The summed E-state index contributed by atoms with van der Waals surface area (Å²) in [5.74, 6) is 1.52. The maximum atomic E-state index is 12.2. The molecule has 3 heterocycles. The minimum Gasteiger partial charge on any atom is -0.376 e. The van der Waals surface area contributed by atoms with Crippen molar-refractivity contribution < 1.29 is 9.53 Å². The van der Waals surface area contributed by atoms with Crippen LogP contribution in [-0.4, -0.2) is 48.1 Å². The van der Waals surface area contributed by atoms with Crippen molar-refractivity contribution in [1.82, 2.24) is 9.88 Å². The zero-order chi connectivity index (χ0) is 20.4. The molecule has 1 atom stereocenters. The number of anilines is 1. The van der Waals surface area contributed by atoms with Gasteiger partial charge in [0.1, 0.15) is 11.9 Å². The summed E-state index contributed by atoms with van der Waals surface area (Å²) in [5, 5.41) is 10.0. The molecule has 1 amide bonds. The second kappa shape index (κ2) is 8.71. The Kier molecular flexibility index (Phi) is 6.05. The van der Waals surface area contributed by atoms with E-state index in [0.29, 0.717) is 32.1 Å². The van der Waals surface area contributed by atoms with E-state index < -0.39 is 0 Å². The van der Waals surface area contributed by atoms with Crippen LogP contribution >= 0.6 is 0 Å². The Morgan fingerprint density at radius 1 is 1.24 bits per heavy atom. The number of rotatable bonds is 3. The smallest absolute Gasteiger partial charge is 0.222 e. The van der Waals surface area contributed by atoms with Crippen molar-refractivity contribution in [1.29, 1.82) is 5.26 Å². The van der Waals surface area contributed by atoms with Crippen LogP contribution in [0.3, 0.4) is 0 Å². The molecule has 6 heteroatoms. The van der Waals surface area contributed by atoms with Crippen LogP contribution in [0.2, 0.25) is 0 Å². The van der Waals surface area contributed by atoms with E-state index in [2.05, 4.69) is 17.9 Å². The van der Waals surface area contributed by atoms with Gasteiger partial charge in [-0.1, -0.05) is 26.2 Å². The quantitative estimate of drug-likeness (QED) is 0.782. The van der Waals surface area contributed by atoms with E-state index in [9.17, 15) is 10.1 Å². The van der Waals surface area contributed by atoms with Crippen LogP contribution in [0.1, 0.15) is 80.7 Å². The van der Waals surface area contributed by atoms with Gasteiger partial charge in [0.25, 0.3) is 0 Å². The highest BCUT2D eigenvalue weighted by Gasteiger charge is 2.32. The Morgan fingerprint density at radius 3 is 2.72 bits per heavy atom. The molecule has 0 spiro atoms. The SMILES string of the molecule is CCC(=O)N1CCN(c2nc(C3CCCCC3)c3c(c2C#N)CCOC3)C[C@H]1C. The first-order chi connectivity index (χ1) is 14.1. The Bertz CT molecular complexity index is 810. The highest BCUT2D eigenvalue weighted by Crippen LogP contribution is 2.39. The van der Waals surface area contributed by atoms with Crippen LogP contribution in [0.4, 0.5) is 5.82 Å². The number of amides is 1. The zero-order valence-corrected chi connectivity index (χ0v) is 17.7. The highest BCUT2D eigenvalue weighted by molar-refractivity contribution is 5.76. The number of pyridine rings is 1. The third kappa shape index (κ3) is 3.85. The number of ether oxygens (including phenoxy) is 1. The fourth-order valence-corrected chi connectivity index (χ4v) is 5.25. The van der Waals surface area contributed by atoms with Crippen molar-refractivity contribution in [2.45, 2.75) is 77.4 Å². The molecule has 0 N–H and O–H groups in total. The number of hydrogen-bond donors (Lipinski definition) is 0. The summed E-state index contributed by atoms with van der Waals surface area (Å²) >= 11 is 0. The van der Waals surface area contributed by atoms with Gasteiger partial charge in [-0.25, -0.2) is 4.98 Å². The van der Waals surface area contributed by atoms with Gasteiger partial charge >= 0.3 is 0 Å². The largest absolute Gasteiger partial charge is 0.376 e. The molecular formula is C23H32N4O2. The fraction of sp³-hybridized carbons (Fsp3) is 0.696. The Balaban J connectivity index is 1.71. The summed E-state index contributed by atoms with van der Waals surface area (Å²) in [6, 6.07) is 2.60. The van der Waals surface area contributed by atoms with Crippen molar-refractivity contribution in [2.75, 3.05) is 31.1 Å². The predicted octanol–water partition coefficient (Wildman–Crippen LogP) is 3.52. The lowest BCUT2D eigenvalue weighted by atomic mass is 9.82. The van der Waals surface area contributed by atoms with Gasteiger partial charge in [0.15, 0.2) is 0 Å². The lowest BCUT2D eigenvalue weighted by Gasteiger charge is -2.41. The number of hydrogen-bond acceptors (Lipinski definition) is 5. The first-order valence-corrected chi connectivity index (χ1v) is 11.2. The number of carbonyl (C=O) groups excluding carboxylic acids is 1. The topological polar surface area (TPSA) is 69.5 Å². The molecule has 6 nitrogen and oxygen atoms in total. The van der Waals surface area contributed by atoms with Crippen molar-refractivity contribution in [3.63, 3.8) is 0 Å². The first-order valence-electron chi connectivity index (χ1n) is 11.2. The van der Waals surface area contributed by atoms with E-state index in [4.69, 9.17) is 9.72 Å². The second-order valence-electron chi connectivity index (χ2n) is 8.64. The molecule has 3 aliphatic rings. The molecule has 1 saturated heterocycles. The van der Waals surface area contributed by atoms with E-state index in [1.54, 1.807) is 0 Å². The van der Waals surface area contributed by atoms with E-state index in [1.807, 2.05) is 11.8 Å². The summed E-state index contributed by atoms with van der Waals surface area (Å²) in [4.78, 5) is 21.6. The molecule has 0 aromatic carbocycles. The van der Waals surface area contributed by atoms with Crippen LogP contribution < -0.4 is 4.90 Å². The van der Waals surface area contributed by atoms with E-state index in [0.717, 1.165) is 36.5 Å². The fourth-order valence-electron chi connectivity index (χ4n) is 5.25. The van der Waals surface area contributed by atoms with Crippen LogP contribution in [-0.2, 0) is 22.6 Å². The molecule has 4 rings (SSSR count). The number of nitrogens with zero attached hydrogens (tertiary/aromatic N) is 4. The van der Waals surface area contributed by atoms with Crippen LogP contribution in [0.5, 0.6) is 0 Å². The molecule has 156 valence electrons. The standard InChI is InChI=1S/C23H32N4O2/c1-3-21(28)27-11-10-26(14-16(27)2)23-19(13-24)18-9-12-29-15-20(18)22(25-23)17-7-5-4-6-8-17/h16-17H,3-12,14-15H2,1-2H3/t16-/m1/s1. The molecular weight excluding hydrogens is 364 g/mol. The Labute approximate surface area is 173 Å².